The van der Waals surface area contributed by atoms with Crippen LogP contribution in [0.4, 0.5) is 13.2 Å². The van der Waals surface area contributed by atoms with Gasteiger partial charge in [-0.05, 0) is 53.7 Å². The summed E-state index contributed by atoms with van der Waals surface area (Å²) in [5.74, 6) is -0.00623. The van der Waals surface area contributed by atoms with Gasteiger partial charge >= 0.3 is 6.18 Å². The van der Waals surface area contributed by atoms with Crippen LogP contribution in [0.25, 0.3) is 0 Å². The Hall–Kier alpha value is -2.16. The number of aromatic nitrogens is 2. The van der Waals surface area contributed by atoms with Crippen LogP contribution < -0.4 is 10.1 Å². The molecule has 0 saturated heterocycles. The van der Waals surface area contributed by atoms with Crippen LogP contribution in [-0.4, -0.2) is 28.0 Å². The maximum atomic E-state index is 12.5. The van der Waals surface area contributed by atoms with E-state index in [9.17, 15) is 18.0 Å². The van der Waals surface area contributed by atoms with Crippen molar-refractivity contribution < 1.29 is 22.7 Å². The van der Waals surface area contributed by atoms with Gasteiger partial charge in [0.15, 0.2) is 0 Å². The first-order valence-corrected chi connectivity index (χ1v) is 9.22. The molecular formula is C18H17BrF3N3O2. The molecule has 0 unspecified atom stereocenters. The molecule has 1 saturated carbocycles. The van der Waals surface area contributed by atoms with Crippen molar-refractivity contribution in [1.82, 2.24) is 15.3 Å². The lowest BCUT2D eigenvalue weighted by molar-refractivity contribution is -0.137. The standard InChI is InChI=1S/C18H17BrF3N3O2/c19-13-7-11(8-23-10-13)17(26)25-14-2-4-15(5-3-14)27-16-6-1-12(9-24-16)18(20,21)22/h1,6-10,14-15H,2-5H2,(H,25,26). The third-order valence-corrected chi connectivity index (χ3v) is 4.76. The van der Waals surface area contributed by atoms with Gasteiger partial charge in [0.2, 0.25) is 5.88 Å². The van der Waals surface area contributed by atoms with Crippen LogP contribution in [0.3, 0.4) is 0 Å². The van der Waals surface area contributed by atoms with E-state index in [-0.39, 0.29) is 23.9 Å². The summed E-state index contributed by atoms with van der Waals surface area (Å²) >= 11 is 3.28. The molecule has 1 amide bonds. The molecule has 144 valence electrons. The van der Waals surface area contributed by atoms with E-state index < -0.39 is 11.7 Å². The summed E-state index contributed by atoms with van der Waals surface area (Å²) < 4.78 is 44.0. The molecule has 0 spiro atoms. The first-order chi connectivity index (χ1) is 12.8. The molecule has 1 N–H and O–H groups in total. The number of ether oxygens (including phenoxy) is 1. The number of hydrogen-bond donors (Lipinski definition) is 1. The molecule has 1 aliphatic carbocycles. The van der Waals surface area contributed by atoms with Crippen molar-refractivity contribution >= 4 is 21.8 Å². The summed E-state index contributed by atoms with van der Waals surface area (Å²) in [4.78, 5) is 20.0. The molecule has 2 aromatic rings. The molecule has 9 heteroatoms. The molecule has 0 atom stereocenters. The number of carbonyl (C=O) groups is 1. The lowest BCUT2D eigenvalue weighted by Crippen LogP contribution is -2.39. The number of halogens is 4. The molecule has 0 aromatic carbocycles. The van der Waals surface area contributed by atoms with Crippen LogP contribution >= 0.6 is 15.9 Å². The van der Waals surface area contributed by atoms with Crippen molar-refractivity contribution in [2.45, 2.75) is 44.0 Å². The van der Waals surface area contributed by atoms with Gasteiger partial charge in [-0.1, -0.05) is 0 Å². The molecule has 1 fully saturated rings. The molecule has 5 nitrogen and oxygen atoms in total. The predicted molar refractivity (Wildman–Crippen MR) is 95.3 cm³/mol. The predicted octanol–water partition coefficient (Wildman–Crippen LogP) is 4.38. The quantitative estimate of drug-likeness (QED) is 0.761. The number of rotatable bonds is 4. The summed E-state index contributed by atoms with van der Waals surface area (Å²) in [5, 5.41) is 2.97. The molecule has 3 rings (SSSR count). The summed E-state index contributed by atoms with van der Waals surface area (Å²) in [6.07, 6.45) is 2.15. The number of nitrogens with one attached hydrogen (secondary N) is 1. The van der Waals surface area contributed by atoms with Gasteiger partial charge < -0.3 is 10.1 Å². The fraction of sp³-hybridized carbons (Fsp3) is 0.389. The van der Waals surface area contributed by atoms with Crippen LogP contribution in [0.1, 0.15) is 41.6 Å². The van der Waals surface area contributed by atoms with Gasteiger partial charge in [0.05, 0.1) is 11.1 Å². The lowest BCUT2D eigenvalue weighted by Gasteiger charge is -2.29. The van der Waals surface area contributed by atoms with E-state index in [2.05, 4.69) is 31.2 Å². The Morgan fingerprint density at radius 1 is 1.15 bits per heavy atom. The topological polar surface area (TPSA) is 64.1 Å². The third kappa shape index (κ3) is 5.41. The van der Waals surface area contributed by atoms with Gasteiger partial charge in [-0.15, -0.1) is 0 Å². The monoisotopic (exact) mass is 443 g/mol. The SMILES string of the molecule is O=C(NC1CCC(Oc2ccc(C(F)(F)F)cn2)CC1)c1cncc(Br)c1. The van der Waals surface area contributed by atoms with E-state index in [0.29, 0.717) is 18.4 Å². The van der Waals surface area contributed by atoms with Crippen LogP contribution in [-0.2, 0) is 6.18 Å². The number of hydrogen-bond acceptors (Lipinski definition) is 4. The summed E-state index contributed by atoms with van der Waals surface area (Å²) in [6, 6.07) is 3.92. The molecule has 0 bridgehead atoms. The van der Waals surface area contributed by atoms with Crippen LogP contribution in [0.15, 0.2) is 41.3 Å². The van der Waals surface area contributed by atoms with E-state index in [0.717, 1.165) is 29.6 Å². The fourth-order valence-corrected chi connectivity index (χ4v) is 3.28. The molecule has 2 heterocycles. The van der Waals surface area contributed by atoms with Gasteiger partial charge in [-0.25, -0.2) is 4.98 Å². The number of alkyl halides is 3. The number of amides is 1. The Labute approximate surface area is 162 Å². The Morgan fingerprint density at radius 3 is 2.48 bits per heavy atom. The lowest BCUT2D eigenvalue weighted by atomic mass is 9.92. The highest BCUT2D eigenvalue weighted by Crippen LogP contribution is 2.30. The Morgan fingerprint density at radius 2 is 1.89 bits per heavy atom. The second-order valence-corrected chi connectivity index (χ2v) is 7.26. The summed E-state index contributed by atoms with van der Waals surface area (Å²) in [6.45, 7) is 0. The average Bonchev–Trinajstić information content (AvgIpc) is 2.63. The van der Waals surface area contributed by atoms with Gasteiger partial charge in [-0.3, -0.25) is 9.78 Å². The van der Waals surface area contributed by atoms with Crippen molar-refractivity contribution in [3.8, 4) is 5.88 Å². The van der Waals surface area contributed by atoms with Crippen LogP contribution in [0, 0.1) is 0 Å². The van der Waals surface area contributed by atoms with E-state index in [1.165, 1.54) is 12.3 Å². The van der Waals surface area contributed by atoms with Crippen molar-refractivity contribution in [3.05, 3.63) is 52.4 Å². The largest absolute Gasteiger partial charge is 0.474 e. The van der Waals surface area contributed by atoms with E-state index >= 15 is 0 Å². The van der Waals surface area contributed by atoms with Gasteiger partial charge in [-0.2, -0.15) is 13.2 Å². The van der Waals surface area contributed by atoms with Crippen molar-refractivity contribution in [2.75, 3.05) is 0 Å². The van der Waals surface area contributed by atoms with Gasteiger partial charge in [0, 0.05) is 35.2 Å². The minimum absolute atomic E-state index is 0.0249. The van der Waals surface area contributed by atoms with Crippen molar-refractivity contribution in [2.24, 2.45) is 0 Å². The van der Waals surface area contributed by atoms with Crippen LogP contribution in [0.5, 0.6) is 5.88 Å². The highest BCUT2D eigenvalue weighted by atomic mass is 79.9. The van der Waals surface area contributed by atoms with Gasteiger partial charge in [0.25, 0.3) is 5.91 Å². The van der Waals surface area contributed by atoms with Crippen LogP contribution in [0.2, 0.25) is 0 Å². The zero-order chi connectivity index (χ0) is 19.4. The molecular weight excluding hydrogens is 427 g/mol. The molecule has 0 aliphatic heterocycles. The number of nitrogens with zero attached hydrogens (tertiary/aromatic N) is 2. The fourth-order valence-electron chi connectivity index (χ4n) is 2.92. The molecule has 2 aromatic heterocycles. The summed E-state index contributed by atoms with van der Waals surface area (Å²) in [7, 11) is 0. The highest BCUT2D eigenvalue weighted by Gasteiger charge is 2.31. The maximum absolute atomic E-state index is 12.5. The van der Waals surface area contributed by atoms with E-state index in [4.69, 9.17) is 4.74 Å². The first kappa shape index (κ1) is 19.6. The Bertz CT molecular complexity index is 791. The Balaban J connectivity index is 1.48. The van der Waals surface area contributed by atoms with Gasteiger partial charge in [0.1, 0.15) is 6.10 Å². The van der Waals surface area contributed by atoms with Crippen molar-refractivity contribution in [3.63, 3.8) is 0 Å². The average molecular weight is 444 g/mol. The first-order valence-electron chi connectivity index (χ1n) is 8.42. The normalized spacial score (nSPS) is 20.1. The number of carbonyl (C=O) groups excluding carboxylic acids is 1. The maximum Gasteiger partial charge on any atom is 0.417 e. The Kier molecular flexibility index (Phi) is 5.98. The number of pyridine rings is 2. The minimum atomic E-state index is -4.41. The zero-order valence-electron chi connectivity index (χ0n) is 14.2. The van der Waals surface area contributed by atoms with E-state index in [1.54, 1.807) is 12.3 Å². The molecule has 0 radical (unpaired) electrons. The van der Waals surface area contributed by atoms with Crippen molar-refractivity contribution in [1.29, 1.82) is 0 Å². The molecule has 27 heavy (non-hydrogen) atoms. The zero-order valence-corrected chi connectivity index (χ0v) is 15.8. The minimum Gasteiger partial charge on any atom is -0.474 e. The van der Waals surface area contributed by atoms with E-state index in [1.807, 2.05) is 0 Å². The smallest absolute Gasteiger partial charge is 0.417 e. The third-order valence-electron chi connectivity index (χ3n) is 4.33. The second kappa shape index (κ2) is 8.24. The highest BCUT2D eigenvalue weighted by molar-refractivity contribution is 9.10. The molecule has 1 aliphatic rings. The second-order valence-electron chi connectivity index (χ2n) is 6.34. The summed E-state index contributed by atoms with van der Waals surface area (Å²) in [5.41, 5.74) is -0.319.